The zero-order valence-corrected chi connectivity index (χ0v) is 18.1. The van der Waals surface area contributed by atoms with Crippen LogP contribution in [0.2, 0.25) is 0 Å². The van der Waals surface area contributed by atoms with Crippen molar-refractivity contribution < 1.29 is 29.4 Å². The molecule has 178 valence electrons. The number of nitrogens with two attached hydrogens (primary N) is 3. The third-order valence-corrected chi connectivity index (χ3v) is 4.59. The first-order valence-corrected chi connectivity index (χ1v) is 9.99. The molecular formula is C18H35N7O6. The first kappa shape index (κ1) is 28.1. The summed E-state index contributed by atoms with van der Waals surface area (Å²) in [5, 5.41) is 25.7. The molecular weight excluding hydrogens is 410 g/mol. The fraction of sp³-hybridized carbons (Fsp3) is 0.722. The highest BCUT2D eigenvalue weighted by Gasteiger charge is 2.31. The average Bonchev–Trinajstić information content (AvgIpc) is 2.69. The van der Waals surface area contributed by atoms with Crippen molar-refractivity contribution in [1.82, 2.24) is 16.0 Å². The molecule has 3 amide bonds. The number of guanidine groups is 1. The lowest BCUT2D eigenvalue weighted by Gasteiger charge is -2.26. The number of aliphatic imine (C=N–C) groups is 1. The minimum absolute atomic E-state index is 0.0577. The van der Waals surface area contributed by atoms with E-state index in [9.17, 15) is 24.3 Å². The third-order valence-electron chi connectivity index (χ3n) is 4.59. The van der Waals surface area contributed by atoms with E-state index in [1.54, 1.807) is 13.8 Å². The van der Waals surface area contributed by atoms with Crippen LogP contribution >= 0.6 is 0 Å². The summed E-state index contributed by atoms with van der Waals surface area (Å²) in [5.74, 6) is -3.74. The van der Waals surface area contributed by atoms with Gasteiger partial charge < -0.3 is 43.4 Å². The lowest BCUT2D eigenvalue weighted by Crippen LogP contribution is -2.57. The molecule has 0 heterocycles. The van der Waals surface area contributed by atoms with Crippen LogP contribution in [0.3, 0.4) is 0 Å². The summed E-state index contributed by atoms with van der Waals surface area (Å²) in [7, 11) is 0. The van der Waals surface area contributed by atoms with Crippen LogP contribution in [-0.2, 0) is 19.2 Å². The Morgan fingerprint density at radius 1 is 1.03 bits per heavy atom. The Bertz CT molecular complexity index is 651. The average molecular weight is 446 g/mol. The molecule has 0 aromatic carbocycles. The summed E-state index contributed by atoms with van der Waals surface area (Å²) in [4.78, 5) is 51.7. The molecule has 0 aliphatic rings. The summed E-state index contributed by atoms with van der Waals surface area (Å²) in [6.45, 7) is 4.63. The van der Waals surface area contributed by atoms with E-state index >= 15 is 0 Å². The summed E-state index contributed by atoms with van der Waals surface area (Å²) in [5.41, 5.74) is 16.2. The van der Waals surface area contributed by atoms with Gasteiger partial charge in [-0.2, -0.15) is 0 Å². The summed E-state index contributed by atoms with van der Waals surface area (Å²) in [6, 6.07) is -3.44. The van der Waals surface area contributed by atoms with Crippen LogP contribution in [-0.4, -0.2) is 77.2 Å². The number of rotatable bonds is 14. The Morgan fingerprint density at radius 2 is 1.65 bits per heavy atom. The zero-order chi connectivity index (χ0) is 24.1. The van der Waals surface area contributed by atoms with Gasteiger partial charge in [0.05, 0.1) is 18.7 Å². The standard InChI is InChI=1S/C18H35N7O6/c1-4-9(2)13(16(29)25-14(10(3)26)17(30)31)24-12(27)8-23-15(28)11(19)6-5-7-22-18(20)21/h9-11,13-14,26H,4-8,19H2,1-3H3,(H,23,28)(H,24,27)(H,25,29)(H,30,31)(H4,20,21,22). The van der Waals surface area contributed by atoms with Gasteiger partial charge in [-0.05, 0) is 25.7 Å². The number of aliphatic hydroxyl groups excluding tert-OH is 1. The molecule has 31 heavy (non-hydrogen) atoms. The highest BCUT2D eigenvalue weighted by atomic mass is 16.4. The molecule has 0 aromatic rings. The van der Waals surface area contributed by atoms with Gasteiger partial charge in [0.2, 0.25) is 17.7 Å². The van der Waals surface area contributed by atoms with Gasteiger partial charge in [-0.1, -0.05) is 20.3 Å². The molecule has 11 N–H and O–H groups in total. The number of aliphatic carboxylic acids is 1. The topological polar surface area (TPSA) is 235 Å². The molecule has 0 aliphatic heterocycles. The van der Waals surface area contributed by atoms with E-state index in [4.69, 9.17) is 22.3 Å². The first-order chi connectivity index (χ1) is 14.4. The Hall–Kier alpha value is -2.93. The van der Waals surface area contributed by atoms with E-state index in [-0.39, 0.29) is 11.9 Å². The number of amides is 3. The molecule has 0 aromatic heterocycles. The van der Waals surface area contributed by atoms with Crippen molar-refractivity contribution in [1.29, 1.82) is 0 Å². The minimum Gasteiger partial charge on any atom is -0.480 e. The Labute approximate surface area is 181 Å². The second-order valence-electron chi connectivity index (χ2n) is 7.27. The molecule has 5 unspecified atom stereocenters. The van der Waals surface area contributed by atoms with E-state index < -0.39 is 54.5 Å². The number of hydrogen-bond donors (Lipinski definition) is 8. The fourth-order valence-corrected chi connectivity index (χ4v) is 2.51. The lowest BCUT2D eigenvalue weighted by molar-refractivity contribution is -0.145. The molecule has 5 atom stereocenters. The quantitative estimate of drug-likeness (QED) is 0.0769. The summed E-state index contributed by atoms with van der Waals surface area (Å²) < 4.78 is 0. The maximum absolute atomic E-state index is 12.5. The second kappa shape index (κ2) is 14.1. The predicted octanol–water partition coefficient (Wildman–Crippen LogP) is -3.04. The number of nitrogens with one attached hydrogen (secondary N) is 3. The van der Waals surface area contributed by atoms with E-state index in [1.807, 2.05) is 0 Å². The van der Waals surface area contributed by atoms with Gasteiger partial charge in [-0.25, -0.2) is 4.79 Å². The van der Waals surface area contributed by atoms with Crippen LogP contribution < -0.4 is 33.2 Å². The van der Waals surface area contributed by atoms with Crippen molar-refractivity contribution in [3.8, 4) is 0 Å². The molecule has 0 bridgehead atoms. The number of nitrogens with zero attached hydrogens (tertiary/aromatic N) is 1. The van der Waals surface area contributed by atoms with Crippen LogP contribution in [0.25, 0.3) is 0 Å². The summed E-state index contributed by atoms with van der Waals surface area (Å²) in [6.07, 6.45) is -0.0405. The predicted molar refractivity (Wildman–Crippen MR) is 114 cm³/mol. The van der Waals surface area contributed by atoms with Crippen LogP contribution in [0.4, 0.5) is 0 Å². The molecule has 0 fully saturated rings. The Balaban J connectivity index is 4.78. The van der Waals surface area contributed by atoms with Crippen LogP contribution in [0.5, 0.6) is 0 Å². The molecule has 13 heteroatoms. The maximum Gasteiger partial charge on any atom is 0.328 e. The molecule has 0 radical (unpaired) electrons. The molecule has 0 saturated carbocycles. The monoisotopic (exact) mass is 445 g/mol. The van der Waals surface area contributed by atoms with E-state index in [2.05, 4.69) is 20.9 Å². The lowest BCUT2D eigenvalue weighted by atomic mass is 9.97. The number of carboxylic acid groups (broad SMARTS) is 1. The van der Waals surface area contributed by atoms with Gasteiger partial charge in [0.1, 0.15) is 6.04 Å². The van der Waals surface area contributed by atoms with Gasteiger partial charge in [0, 0.05) is 6.54 Å². The first-order valence-electron chi connectivity index (χ1n) is 9.99. The van der Waals surface area contributed by atoms with E-state index in [1.165, 1.54) is 6.92 Å². The van der Waals surface area contributed by atoms with Crippen molar-refractivity contribution in [3.63, 3.8) is 0 Å². The van der Waals surface area contributed by atoms with E-state index in [0.29, 0.717) is 25.8 Å². The van der Waals surface area contributed by atoms with Gasteiger partial charge in [-0.15, -0.1) is 0 Å². The Morgan fingerprint density at radius 3 is 2.13 bits per heavy atom. The molecule has 0 aliphatic carbocycles. The van der Waals surface area contributed by atoms with Crippen molar-refractivity contribution >= 4 is 29.7 Å². The number of carboxylic acids is 1. The van der Waals surface area contributed by atoms with Crippen molar-refractivity contribution in [3.05, 3.63) is 0 Å². The van der Waals surface area contributed by atoms with Crippen LogP contribution in [0.1, 0.15) is 40.0 Å². The fourth-order valence-electron chi connectivity index (χ4n) is 2.51. The highest BCUT2D eigenvalue weighted by molar-refractivity contribution is 5.92. The highest BCUT2D eigenvalue weighted by Crippen LogP contribution is 2.09. The van der Waals surface area contributed by atoms with E-state index in [0.717, 1.165) is 0 Å². The molecule has 0 spiro atoms. The SMILES string of the molecule is CCC(C)C(NC(=O)CNC(=O)C(N)CCCN=C(N)N)C(=O)NC(C(=O)O)C(C)O. The zero-order valence-electron chi connectivity index (χ0n) is 18.1. The maximum atomic E-state index is 12.5. The summed E-state index contributed by atoms with van der Waals surface area (Å²) >= 11 is 0. The van der Waals surface area contributed by atoms with Crippen LogP contribution in [0.15, 0.2) is 4.99 Å². The largest absolute Gasteiger partial charge is 0.480 e. The van der Waals surface area contributed by atoms with Crippen molar-refractivity contribution in [2.45, 2.75) is 64.3 Å². The number of hydrogen-bond acceptors (Lipinski definition) is 7. The third kappa shape index (κ3) is 11.1. The minimum atomic E-state index is -1.52. The number of aliphatic hydroxyl groups is 1. The number of carbonyl (C=O) groups excluding carboxylic acids is 3. The van der Waals surface area contributed by atoms with Crippen LogP contribution in [0, 0.1) is 5.92 Å². The molecule has 0 saturated heterocycles. The normalized spacial score (nSPS) is 15.5. The second-order valence-corrected chi connectivity index (χ2v) is 7.27. The molecule has 13 nitrogen and oxygen atoms in total. The van der Waals surface area contributed by atoms with Gasteiger partial charge in [0.25, 0.3) is 0 Å². The Kier molecular flexibility index (Phi) is 12.8. The van der Waals surface area contributed by atoms with Gasteiger partial charge >= 0.3 is 5.97 Å². The molecule has 0 rings (SSSR count). The number of carbonyl (C=O) groups is 4. The van der Waals surface area contributed by atoms with Crippen molar-refractivity contribution in [2.24, 2.45) is 28.1 Å². The van der Waals surface area contributed by atoms with Gasteiger partial charge in [0.15, 0.2) is 12.0 Å². The van der Waals surface area contributed by atoms with Gasteiger partial charge in [-0.3, -0.25) is 19.4 Å². The smallest absolute Gasteiger partial charge is 0.328 e. The van der Waals surface area contributed by atoms with Crippen molar-refractivity contribution in [2.75, 3.05) is 13.1 Å².